The van der Waals surface area contributed by atoms with Gasteiger partial charge in [0.05, 0.1) is 6.61 Å². The number of aliphatic hydroxyl groups is 1. The molecule has 15 heavy (non-hydrogen) atoms. The number of hydrogen-bond donors (Lipinski definition) is 1. The van der Waals surface area contributed by atoms with Gasteiger partial charge in [0.1, 0.15) is 5.82 Å². The number of aliphatic hydroxyl groups excluding tert-OH is 1. The van der Waals surface area contributed by atoms with Crippen molar-refractivity contribution in [3.05, 3.63) is 18.2 Å². The van der Waals surface area contributed by atoms with Crippen LogP contribution in [0.1, 0.15) is 18.7 Å². The van der Waals surface area contributed by atoms with Crippen molar-refractivity contribution in [1.29, 1.82) is 0 Å². The van der Waals surface area contributed by atoms with Gasteiger partial charge in [0, 0.05) is 38.4 Å². The molecule has 4 nitrogen and oxygen atoms in total. The molecule has 84 valence electrons. The second-order valence-corrected chi connectivity index (χ2v) is 4.22. The molecule has 2 rings (SSSR count). The van der Waals surface area contributed by atoms with E-state index in [-0.39, 0.29) is 0 Å². The van der Waals surface area contributed by atoms with Gasteiger partial charge in [-0.05, 0) is 19.4 Å². The van der Waals surface area contributed by atoms with E-state index >= 15 is 0 Å². The summed E-state index contributed by atoms with van der Waals surface area (Å²) in [6.45, 7) is 2.42. The molecule has 0 radical (unpaired) electrons. The van der Waals surface area contributed by atoms with Gasteiger partial charge >= 0.3 is 0 Å². The lowest BCUT2D eigenvalue weighted by atomic mass is 10.2. The maximum Gasteiger partial charge on any atom is 0.109 e. The largest absolute Gasteiger partial charge is 0.395 e. The molecule has 0 bridgehead atoms. The first-order chi connectivity index (χ1) is 7.31. The third-order valence-electron chi connectivity index (χ3n) is 3.25. The van der Waals surface area contributed by atoms with Crippen molar-refractivity contribution in [3.8, 4) is 0 Å². The fourth-order valence-electron chi connectivity index (χ4n) is 2.28. The average Bonchev–Trinajstić information content (AvgIpc) is 2.83. The third kappa shape index (κ3) is 2.38. The van der Waals surface area contributed by atoms with Gasteiger partial charge in [-0.15, -0.1) is 0 Å². The highest BCUT2D eigenvalue weighted by atomic mass is 16.3. The summed E-state index contributed by atoms with van der Waals surface area (Å²) in [7, 11) is 2.02. The Morgan fingerprint density at radius 2 is 2.47 bits per heavy atom. The summed E-state index contributed by atoms with van der Waals surface area (Å²) in [5.74, 6) is 1.12. The fraction of sp³-hybridized carbons (Fsp3) is 0.727. The van der Waals surface area contributed by atoms with Crippen molar-refractivity contribution in [2.75, 3.05) is 19.7 Å². The van der Waals surface area contributed by atoms with Gasteiger partial charge in [-0.25, -0.2) is 4.98 Å². The highest BCUT2D eigenvalue weighted by Crippen LogP contribution is 2.16. The molecule has 1 aromatic heterocycles. The number of likely N-dealkylation sites (tertiary alicyclic amines) is 1. The molecular formula is C11H19N3O. The summed E-state index contributed by atoms with van der Waals surface area (Å²) in [6.07, 6.45) is 7.13. The molecule has 4 heteroatoms. The van der Waals surface area contributed by atoms with Crippen LogP contribution >= 0.6 is 0 Å². The molecular weight excluding hydrogens is 190 g/mol. The third-order valence-corrected chi connectivity index (χ3v) is 3.25. The Hall–Kier alpha value is -0.870. The standard InChI is InChI=1S/C11H19N3O/c1-13-8-5-12-11(13)4-7-14-6-2-3-10(14)9-15/h5,8,10,15H,2-4,6-7,9H2,1H3/t10-/m1/s1. The van der Waals surface area contributed by atoms with E-state index in [1.807, 2.05) is 19.4 Å². The van der Waals surface area contributed by atoms with E-state index in [4.69, 9.17) is 0 Å². The molecule has 1 atom stereocenters. The Morgan fingerprint density at radius 1 is 1.60 bits per heavy atom. The average molecular weight is 209 g/mol. The molecule has 0 aliphatic carbocycles. The fourth-order valence-corrected chi connectivity index (χ4v) is 2.28. The lowest BCUT2D eigenvalue weighted by molar-refractivity contribution is 0.159. The first-order valence-electron chi connectivity index (χ1n) is 5.62. The molecule has 0 unspecified atom stereocenters. The van der Waals surface area contributed by atoms with Crippen molar-refractivity contribution in [2.45, 2.75) is 25.3 Å². The highest BCUT2D eigenvalue weighted by molar-refractivity contribution is 4.92. The van der Waals surface area contributed by atoms with Crippen LogP contribution in [0, 0.1) is 0 Å². The SMILES string of the molecule is Cn1ccnc1CCN1CCC[C@@H]1CO. The van der Waals surface area contributed by atoms with Crippen LogP contribution in [0.5, 0.6) is 0 Å². The van der Waals surface area contributed by atoms with E-state index in [9.17, 15) is 5.11 Å². The van der Waals surface area contributed by atoms with Gasteiger partial charge < -0.3 is 9.67 Å². The summed E-state index contributed by atoms with van der Waals surface area (Å²) in [6, 6.07) is 0.380. The van der Waals surface area contributed by atoms with E-state index in [1.54, 1.807) is 0 Å². The van der Waals surface area contributed by atoms with Crippen LogP contribution in [0.3, 0.4) is 0 Å². The first-order valence-corrected chi connectivity index (χ1v) is 5.62. The van der Waals surface area contributed by atoms with Crippen LogP contribution < -0.4 is 0 Å². The van der Waals surface area contributed by atoms with Crippen molar-refractivity contribution in [3.63, 3.8) is 0 Å². The monoisotopic (exact) mass is 209 g/mol. The number of rotatable bonds is 4. The zero-order chi connectivity index (χ0) is 10.7. The Labute approximate surface area is 90.5 Å². The predicted molar refractivity (Wildman–Crippen MR) is 58.6 cm³/mol. The Bertz CT molecular complexity index is 311. The van der Waals surface area contributed by atoms with Crippen LogP contribution in [-0.4, -0.2) is 45.3 Å². The zero-order valence-electron chi connectivity index (χ0n) is 9.26. The Balaban J connectivity index is 1.85. The van der Waals surface area contributed by atoms with Gasteiger partial charge in [0.15, 0.2) is 0 Å². The smallest absolute Gasteiger partial charge is 0.109 e. The Kier molecular flexibility index (Phi) is 3.38. The molecule has 0 spiro atoms. The topological polar surface area (TPSA) is 41.3 Å². The quantitative estimate of drug-likeness (QED) is 0.781. The molecule has 2 heterocycles. The van der Waals surface area contributed by atoms with Gasteiger partial charge in [0.2, 0.25) is 0 Å². The maximum absolute atomic E-state index is 9.19. The van der Waals surface area contributed by atoms with Crippen molar-refractivity contribution < 1.29 is 5.11 Å². The summed E-state index contributed by atoms with van der Waals surface area (Å²) in [5.41, 5.74) is 0. The van der Waals surface area contributed by atoms with E-state index in [1.165, 1.54) is 6.42 Å². The van der Waals surface area contributed by atoms with Crippen LogP contribution in [0.25, 0.3) is 0 Å². The minimum absolute atomic E-state index is 0.292. The number of nitrogens with zero attached hydrogens (tertiary/aromatic N) is 3. The summed E-state index contributed by atoms with van der Waals surface area (Å²) >= 11 is 0. The van der Waals surface area contributed by atoms with E-state index in [2.05, 4.69) is 14.5 Å². The molecule has 1 aromatic rings. The molecule has 1 N–H and O–H groups in total. The minimum Gasteiger partial charge on any atom is -0.395 e. The first kappa shape index (κ1) is 10.6. The van der Waals surface area contributed by atoms with Gasteiger partial charge in [0.25, 0.3) is 0 Å². The lowest BCUT2D eigenvalue weighted by Crippen LogP contribution is -2.34. The number of aryl methyl sites for hydroxylation is 1. The van der Waals surface area contributed by atoms with E-state index < -0.39 is 0 Å². The van der Waals surface area contributed by atoms with Crippen molar-refractivity contribution in [1.82, 2.24) is 14.5 Å². The van der Waals surface area contributed by atoms with Crippen molar-refractivity contribution >= 4 is 0 Å². The van der Waals surface area contributed by atoms with Gasteiger partial charge in [-0.2, -0.15) is 0 Å². The summed E-state index contributed by atoms with van der Waals surface area (Å²) < 4.78 is 2.06. The normalized spacial score (nSPS) is 22.4. The summed E-state index contributed by atoms with van der Waals surface area (Å²) in [4.78, 5) is 6.67. The maximum atomic E-state index is 9.19. The molecule has 1 aliphatic heterocycles. The van der Waals surface area contributed by atoms with Crippen molar-refractivity contribution in [2.24, 2.45) is 7.05 Å². The van der Waals surface area contributed by atoms with Gasteiger partial charge in [-0.1, -0.05) is 0 Å². The van der Waals surface area contributed by atoms with Crippen LogP contribution in [0.2, 0.25) is 0 Å². The van der Waals surface area contributed by atoms with E-state index in [0.717, 1.165) is 31.8 Å². The second-order valence-electron chi connectivity index (χ2n) is 4.22. The lowest BCUT2D eigenvalue weighted by Gasteiger charge is -2.22. The number of aromatic nitrogens is 2. The molecule has 1 fully saturated rings. The van der Waals surface area contributed by atoms with Crippen LogP contribution in [0.4, 0.5) is 0 Å². The van der Waals surface area contributed by atoms with Crippen LogP contribution in [0.15, 0.2) is 12.4 Å². The number of imidazole rings is 1. The molecule has 0 saturated carbocycles. The Morgan fingerprint density at radius 3 is 3.13 bits per heavy atom. The highest BCUT2D eigenvalue weighted by Gasteiger charge is 2.23. The second kappa shape index (κ2) is 4.77. The molecule has 0 aromatic carbocycles. The number of hydrogen-bond acceptors (Lipinski definition) is 3. The predicted octanol–water partition coefficient (Wildman–Crippen LogP) is 0.419. The zero-order valence-corrected chi connectivity index (χ0v) is 9.26. The summed E-state index contributed by atoms with van der Waals surface area (Å²) in [5, 5.41) is 9.19. The van der Waals surface area contributed by atoms with E-state index in [0.29, 0.717) is 12.6 Å². The molecule has 0 amide bonds. The molecule has 1 aliphatic rings. The minimum atomic E-state index is 0.292. The molecule has 1 saturated heterocycles. The van der Waals surface area contributed by atoms with Crippen LogP contribution in [-0.2, 0) is 13.5 Å². The van der Waals surface area contributed by atoms with Gasteiger partial charge in [-0.3, -0.25) is 4.90 Å².